The molecule has 0 aliphatic heterocycles. The van der Waals surface area contributed by atoms with E-state index in [1.807, 2.05) is 56.3 Å². The maximum absolute atomic E-state index is 12.2. The number of aromatic nitrogens is 1. The monoisotopic (exact) mass is 344 g/mol. The number of ether oxygens (including phenoxy) is 2. The molecule has 0 unspecified atom stereocenters. The Morgan fingerprint density at radius 3 is 2.40 bits per heavy atom. The van der Waals surface area contributed by atoms with Crippen LogP contribution in [0.5, 0.6) is 11.5 Å². The smallest absolute Gasteiger partial charge is 0.319 e. The summed E-state index contributed by atoms with van der Waals surface area (Å²) in [6, 6.07) is 8.69. The lowest BCUT2D eigenvalue weighted by molar-refractivity contribution is 0.249. The van der Waals surface area contributed by atoms with Crippen LogP contribution in [0.25, 0.3) is 0 Å². The van der Waals surface area contributed by atoms with Crippen molar-refractivity contribution >= 4 is 17.5 Å². The molecule has 2 aromatic rings. The van der Waals surface area contributed by atoms with Crippen LogP contribution in [0.4, 0.5) is 16.3 Å². The highest BCUT2D eigenvalue weighted by Gasteiger charge is 2.13. The molecule has 2 N–H and O–H groups in total. The molecule has 1 aromatic heterocycles. The van der Waals surface area contributed by atoms with Crippen LogP contribution >= 0.6 is 0 Å². The Kier molecular flexibility index (Phi) is 6.05. The zero-order valence-electron chi connectivity index (χ0n) is 15.2. The zero-order chi connectivity index (χ0) is 18.4. The Labute approximate surface area is 148 Å². The summed E-state index contributed by atoms with van der Waals surface area (Å²) in [5.74, 6) is 2.09. The summed E-state index contributed by atoms with van der Waals surface area (Å²) in [5.41, 5.74) is 1.54. The van der Waals surface area contributed by atoms with Crippen molar-refractivity contribution in [3.05, 3.63) is 42.1 Å². The lowest BCUT2D eigenvalue weighted by Gasteiger charge is -2.17. The molecule has 0 spiro atoms. The standard InChI is InChI=1S/C18H24N4O3/c1-12(13-6-8-15(24-4)16(10-13)25-5)20-18(23)21-14-7-9-17(19-11-14)22(2)3/h6-12H,1-5H3,(H2,20,21,23)/t12-/m0/s1. The van der Waals surface area contributed by atoms with Gasteiger partial charge in [0.1, 0.15) is 5.82 Å². The van der Waals surface area contributed by atoms with Gasteiger partial charge < -0.3 is 25.0 Å². The van der Waals surface area contributed by atoms with E-state index in [1.54, 1.807) is 20.4 Å². The van der Waals surface area contributed by atoms with E-state index in [-0.39, 0.29) is 12.1 Å². The third-order valence-electron chi connectivity index (χ3n) is 3.72. The summed E-state index contributed by atoms with van der Waals surface area (Å²) in [4.78, 5) is 18.3. The summed E-state index contributed by atoms with van der Waals surface area (Å²) in [6.07, 6.45) is 1.62. The van der Waals surface area contributed by atoms with Gasteiger partial charge in [0, 0.05) is 14.1 Å². The van der Waals surface area contributed by atoms with Gasteiger partial charge in [-0.3, -0.25) is 0 Å². The van der Waals surface area contributed by atoms with Gasteiger partial charge in [-0.05, 0) is 36.8 Å². The van der Waals surface area contributed by atoms with Crippen molar-refractivity contribution in [2.75, 3.05) is 38.5 Å². The number of hydrogen-bond donors (Lipinski definition) is 2. The molecule has 0 bridgehead atoms. The Morgan fingerprint density at radius 2 is 1.84 bits per heavy atom. The summed E-state index contributed by atoms with van der Waals surface area (Å²) in [6.45, 7) is 1.90. The van der Waals surface area contributed by atoms with Crippen molar-refractivity contribution in [2.45, 2.75) is 13.0 Å². The predicted molar refractivity (Wildman–Crippen MR) is 98.7 cm³/mol. The number of hydrogen-bond acceptors (Lipinski definition) is 5. The van der Waals surface area contributed by atoms with Crippen molar-refractivity contribution in [3.63, 3.8) is 0 Å². The number of anilines is 2. The number of nitrogens with zero attached hydrogens (tertiary/aromatic N) is 2. The molecule has 0 fully saturated rings. The van der Waals surface area contributed by atoms with Crippen molar-refractivity contribution in [3.8, 4) is 11.5 Å². The fourth-order valence-corrected chi connectivity index (χ4v) is 2.29. The summed E-state index contributed by atoms with van der Waals surface area (Å²) in [5, 5.41) is 5.66. The number of nitrogens with one attached hydrogen (secondary N) is 2. The molecule has 2 amide bonds. The molecule has 1 atom stereocenters. The third kappa shape index (κ3) is 4.76. The highest BCUT2D eigenvalue weighted by Crippen LogP contribution is 2.29. The zero-order valence-corrected chi connectivity index (χ0v) is 15.2. The molecule has 7 nitrogen and oxygen atoms in total. The third-order valence-corrected chi connectivity index (χ3v) is 3.72. The van der Waals surface area contributed by atoms with Crippen molar-refractivity contribution < 1.29 is 14.3 Å². The van der Waals surface area contributed by atoms with Crippen LogP contribution in [0.15, 0.2) is 36.5 Å². The number of benzene rings is 1. The van der Waals surface area contributed by atoms with Gasteiger partial charge in [0.05, 0.1) is 32.1 Å². The van der Waals surface area contributed by atoms with Crippen LogP contribution in [-0.4, -0.2) is 39.3 Å². The first-order valence-corrected chi connectivity index (χ1v) is 7.87. The molecule has 0 saturated carbocycles. The Balaban J connectivity index is 2.00. The molecule has 0 aliphatic rings. The number of urea groups is 1. The van der Waals surface area contributed by atoms with Gasteiger partial charge in [-0.15, -0.1) is 0 Å². The average molecular weight is 344 g/mol. The normalized spacial score (nSPS) is 11.4. The topological polar surface area (TPSA) is 75.7 Å². The molecular weight excluding hydrogens is 320 g/mol. The summed E-state index contributed by atoms with van der Waals surface area (Å²) >= 11 is 0. The van der Waals surface area contributed by atoms with E-state index in [0.29, 0.717) is 17.2 Å². The van der Waals surface area contributed by atoms with Crippen LogP contribution in [0.2, 0.25) is 0 Å². The lowest BCUT2D eigenvalue weighted by Crippen LogP contribution is -2.31. The van der Waals surface area contributed by atoms with E-state index in [2.05, 4.69) is 15.6 Å². The first kappa shape index (κ1) is 18.4. The second-order valence-corrected chi connectivity index (χ2v) is 5.73. The second-order valence-electron chi connectivity index (χ2n) is 5.73. The van der Waals surface area contributed by atoms with E-state index < -0.39 is 0 Å². The number of amides is 2. The maximum Gasteiger partial charge on any atom is 0.319 e. The number of carbonyl (C=O) groups excluding carboxylic acids is 1. The van der Waals surface area contributed by atoms with Crippen LogP contribution in [0, 0.1) is 0 Å². The van der Waals surface area contributed by atoms with E-state index in [9.17, 15) is 4.79 Å². The average Bonchev–Trinajstić information content (AvgIpc) is 2.61. The quantitative estimate of drug-likeness (QED) is 0.842. The fraction of sp³-hybridized carbons (Fsp3) is 0.333. The molecule has 1 aromatic carbocycles. The Hall–Kier alpha value is -2.96. The first-order valence-electron chi connectivity index (χ1n) is 7.87. The van der Waals surface area contributed by atoms with Crippen LogP contribution in [0.3, 0.4) is 0 Å². The van der Waals surface area contributed by atoms with Gasteiger partial charge in [0.25, 0.3) is 0 Å². The van der Waals surface area contributed by atoms with Gasteiger partial charge in [0.2, 0.25) is 0 Å². The van der Waals surface area contributed by atoms with Crippen molar-refractivity contribution in [2.24, 2.45) is 0 Å². The first-order chi connectivity index (χ1) is 11.9. The molecular formula is C18H24N4O3. The molecule has 0 saturated heterocycles. The minimum atomic E-state index is -0.304. The Morgan fingerprint density at radius 1 is 1.12 bits per heavy atom. The van der Waals surface area contributed by atoms with Gasteiger partial charge in [-0.2, -0.15) is 0 Å². The van der Waals surface area contributed by atoms with Crippen LogP contribution in [-0.2, 0) is 0 Å². The molecule has 0 aliphatic carbocycles. The summed E-state index contributed by atoms with van der Waals surface area (Å²) < 4.78 is 10.5. The number of rotatable bonds is 6. The van der Waals surface area contributed by atoms with E-state index in [0.717, 1.165) is 11.4 Å². The number of pyridine rings is 1. The van der Waals surface area contributed by atoms with Crippen molar-refractivity contribution in [1.82, 2.24) is 10.3 Å². The molecule has 0 radical (unpaired) electrons. The highest BCUT2D eigenvalue weighted by molar-refractivity contribution is 5.89. The number of carbonyl (C=O) groups is 1. The lowest BCUT2D eigenvalue weighted by atomic mass is 10.1. The van der Waals surface area contributed by atoms with Crippen molar-refractivity contribution in [1.29, 1.82) is 0 Å². The second kappa shape index (κ2) is 8.23. The van der Waals surface area contributed by atoms with Gasteiger partial charge in [-0.1, -0.05) is 6.07 Å². The van der Waals surface area contributed by atoms with Gasteiger partial charge in [-0.25, -0.2) is 9.78 Å². The maximum atomic E-state index is 12.2. The largest absolute Gasteiger partial charge is 0.493 e. The summed E-state index contributed by atoms with van der Waals surface area (Å²) in [7, 11) is 6.99. The number of methoxy groups -OCH3 is 2. The molecule has 1 heterocycles. The SMILES string of the molecule is COc1ccc([C@H](C)NC(=O)Nc2ccc(N(C)C)nc2)cc1OC. The van der Waals surface area contributed by atoms with Crippen LogP contribution in [0.1, 0.15) is 18.5 Å². The molecule has 134 valence electrons. The highest BCUT2D eigenvalue weighted by atomic mass is 16.5. The van der Waals surface area contributed by atoms with E-state index in [1.165, 1.54) is 0 Å². The van der Waals surface area contributed by atoms with Gasteiger partial charge >= 0.3 is 6.03 Å². The van der Waals surface area contributed by atoms with Gasteiger partial charge in [0.15, 0.2) is 11.5 Å². The molecule has 2 rings (SSSR count). The van der Waals surface area contributed by atoms with Crippen LogP contribution < -0.4 is 25.0 Å². The fourth-order valence-electron chi connectivity index (χ4n) is 2.29. The van der Waals surface area contributed by atoms with E-state index in [4.69, 9.17) is 9.47 Å². The minimum Gasteiger partial charge on any atom is -0.493 e. The minimum absolute atomic E-state index is 0.200. The predicted octanol–water partition coefficient (Wildman–Crippen LogP) is 3.05. The van der Waals surface area contributed by atoms with E-state index >= 15 is 0 Å². The molecule has 7 heteroatoms. The molecule has 25 heavy (non-hydrogen) atoms. The Bertz CT molecular complexity index is 717.